The molecule has 0 radical (unpaired) electrons. The van der Waals surface area contributed by atoms with E-state index in [1.807, 2.05) is 0 Å². The van der Waals surface area contributed by atoms with Gasteiger partial charge in [-0.3, -0.25) is 14.4 Å². The van der Waals surface area contributed by atoms with E-state index in [-0.39, 0.29) is 18.4 Å². The van der Waals surface area contributed by atoms with Crippen LogP contribution in [0.15, 0.2) is 23.8 Å². The first-order chi connectivity index (χ1) is 16.8. The summed E-state index contributed by atoms with van der Waals surface area (Å²) in [7, 11) is 0. The largest absolute Gasteiger partial charge is 0.449 e. The predicted octanol–water partition coefficient (Wildman–Crippen LogP) is 3.72. The summed E-state index contributed by atoms with van der Waals surface area (Å²) in [6.07, 6.45) is 1.49. The van der Waals surface area contributed by atoms with Gasteiger partial charge < -0.3 is 14.6 Å². The molecule has 5 rings (SSSR count). The number of thiol groups is 1. The van der Waals surface area contributed by atoms with Crippen LogP contribution in [-0.4, -0.2) is 58.7 Å². The molecule has 0 spiro atoms. The van der Waals surface area contributed by atoms with E-state index in [9.17, 15) is 19.5 Å². The molecule has 9 atom stereocenters. The quantitative estimate of drug-likeness (QED) is 0.432. The van der Waals surface area contributed by atoms with Crippen LogP contribution in [0.25, 0.3) is 0 Å². The first-order valence-corrected chi connectivity index (χ1v) is 13.3. The zero-order chi connectivity index (χ0) is 26.3. The molecule has 0 amide bonds. The van der Waals surface area contributed by atoms with Gasteiger partial charge in [-0.25, -0.2) is 8.78 Å². The lowest BCUT2D eigenvalue weighted by Gasteiger charge is -2.63. The molecule has 198 valence electrons. The number of allylic oxidation sites excluding steroid dienone is 4. The standard InChI is InChI=1S/C27H34F2O6S/c1-14-10-17-18-12-20(28)19-11-16(30)4-7-24(19,2)26(18,29)21(31)13-25(17,3)27(14,23(33)36)35-22(32)15-5-8-34-9-6-15/h4,7,11,14-15,17-18,20-21,31H,5-6,8-10,12-13H2,1-3H3,(H,33,36)/t14?,17-,18-,20?,21?,24-,25-,26?,27?/m0/s1. The van der Waals surface area contributed by atoms with Gasteiger partial charge in [0.1, 0.15) is 6.17 Å². The molecule has 9 heteroatoms. The zero-order valence-electron chi connectivity index (χ0n) is 20.8. The summed E-state index contributed by atoms with van der Waals surface area (Å²) < 4.78 is 44.4. The maximum Gasteiger partial charge on any atom is 0.310 e. The van der Waals surface area contributed by atoms with E-state index in [0.29, 0.717) is 32.5 Å². The van der Waals surface area contributed by atoms with E-state index >= 15 is 8.78 Å². The van der Waals surface area contributed by atoms with Crippen molar-refractivity contribution in [2.24, 2.45) is 34.5 Å². The third-order valence-electron chi connectivity index (χ3n) is 10.3. The fraction of sp³-hybridized carbons (Fsp3) is 0.741. The predicted molar refractivity (Wildman–Crippen MR) is 130 cm³/mol. The van der Waals surface area contributed by atoms with Gasteiger partial charge in [-0.2, -0.15) is 0 Å². The van der Waals surface area contributed by atoms with Crippen molar-refractivity contribution in [2.75, 3.05) is 13.2 Å². The van der Waals surface area contributed by atoms with E-state index in [0.717, 1.165) is 6.08 Å². The molecule has 4 aliphatic carbocycles. The Morgan fingerprint density at radius 1 is 1.19 bits per heavy atom. The number of carbonyl (C=O) groups is 3. The number of esters is 1. The highest BCUT2D eigenvalue weighted by atomic mass is 32.1. The van der Waals surface area contributed by atoms with Crippen molar-refractivity contribution in [3.8, 4) is 0 Å². The lowest BCUT2D eigenvalue weighted by molar-refractivity contribution is -0.230. The highest BCUT2D eigenvalue weighted by molar-refractivity contribution is 7.96. The molecule has 36 heavy (non-hydrogen) atoms. The Kier molecular flexibility index (Phi) is 6.12. The Morgan fingerprint density at radius 3 is 2.50 bits per heavy atom. The second-order valence-corrected chi connectivity index (χ2v) is 12.3. The van der Waals surface area contributed by atoms with Crippen LogP contribution in [0.1, 0.15) is 52.9 Å². The highest BCUT2D eigenvalue weighted by Gasteiger charge is 2.78. The molecule has 0 aromatic heterocycles. The van der Waals surface area contributed by atoms with Crippen molar-refractivity contribution >= 4 is 29.5 Å². The highest BCUT2D eigenvalue weighted by Crippen LogP contribution is 2.71. The van der Waals surface area contributed by atoms with Crippen molar-refractivity contribution in [3.63, 3.8) is 0 Å². The number of ether oxygens (including phenoxy) is 2. The topological polar surface area (TPSA) is 89.9 Å². The van der Waals surface area contributed by atoms with Gasteiger partial charge in [0.25, 0.3) is 0 Å². The molecular formula is C27H34F2O6S. The fourth-order valence-electron chi connectivity index (χ4n) is 8.42. The third-order valence-corrected chi connectivity index (χ3v) is 10.6. The van der Waals surface area contributed by atoms with Crippen LogP contribution in [0.2, 0.25) is 0 Å². The van der Waals surface area contributed by atoms with Crippen molar-refractivity contribution in [1.82, 2.24) is 0 Å². The van der Waals surface area contributed by atoms with Crippen LogP contribution in [0.5, 0.6) is 0 Å². The molecular weight excluding hydrogens is 490 g/mol. The summed E-state index contributed by atoms with van der Waals surface area (Å²) in [4.78, 5) is 38.5. The Labute approximate surface area is 215 Å². The first kappa shape index (κ1) is 26.0. The number of alkyl halides is 2. The summed E-state index contributed by atoms with van der Waals surface area (Å²) in [6, 6.07) is 0. The molecule has 5 aliphatic rings. The minimum absolute atomic E-state index is 0.0462. The molecule has 5 unspecified atom stereocenters. The summed E-state index contributed by atoms with van der Waals surface area (Å²) >= 11 is 4.19. The monoisotopic (exact) mass is 524 g/mol. The molecule has 1 saturated heterocycles. The number of hydrogen-bond acceptors (Lipinski definition) is 6. The molecule has 1 N–H and O–H groups in total. The zero-order valence-corrected chi connectivity index (χ0v) is 21.7. The van der Waals surface area contributed by atoms with Gasteiger partial charge in [-0.05, 0) is 62.7 Å². The molecule has 0 bridgehead atoms. The molecule has 4 fully saturated rings. The average Bonchev–Trinajstić information content (AvgIpc) is 3.05. The third kappa shape index (κ3) is 3.17. The van der Waals surface area contributed by atoms with Crippen molar-refractivity contribution in [3.05, 3.63) is 23.8 Å². The normalized spacial score (nSPS) is 48.5. The second kappa shape index (κ2) is 8.46. The van der Waals surface area contributed by atoms with Gasteiger partial charge in [0.05, 0.1) is 12.0 Å². The van der Waals surface area contributed by atoms with E-state index in [4.69, 9.17) is 9.47 Å². The van der Waals surface area contributed by atoms with Crippen LogP contribution in [0, 0.1) is 34.5 Å². The number of halogens is 2. The first-order valence-electron chi connectivity index (χ1n) is 12.8. The molecule has 0 aromatic carbocycles. The lowest BCUT2D eigenvalue weighted by Crippen LogP contribution is -2.70. The van der Waals surface area contributed by atoms with Gasteiger partial charge >= 0.3 is 5.97 Å². The fourth-order valence-corrected chi connectivity index (χ4v) is 8.94. The summed E-state index contributed by atoms with van der Waals surface area (Å²) in [6.45, 7) is 5.90. The number of rotatable bonds is 3. The Bertz CT molecular complexity index is 1050. The van der Waals surface area contributed by atoms with E-state index in [1.165, 1.54) is 19.1 Å². The summed E-state index contributed by atoms with van der Waals surface area (Å²) in [5.74, 6) is -3.37. The Balaban J connectivity index is 1.58. The van der Waals surface area contributed by atoms with Crippen LogP contribution < -0.4 is 0 Å². The summed E-state index contributed by atoms with van der Waals surface area (Å²) in [5, 5.41) is 10.8. The van der Waals surface area contributed by atoms with E-state index in [2.05, 4.69) is 12.6 Å². The minimum Gasteiger partial charge on any atom is -0.449 e. The number of carbonyl (C=O) groups excluding carboxylic acids is 3. The van der Waals surface area contributed by atoms with Crippen LogP contribution >= 0.6 is 12.6 Å². The molecule has 1 aliphatic heterocycles. The van der Waals surface area contributed by atoms with E-state index < -0.39 is 74.9 Å². The van der Waals surface area contributed by atoms with Crippen LogP contribution in [0.4, 0.5) is 8.78 Å². The van der Waals surface area contributed by atoms with Gasteiger partial charge in [0.2, 0.25) is 5.12 Å². The number of fused-ring (bicyclic) bond motifs is 5. The number of aliphatic hydroxyl groups is 1. The Hall–Kier alpha value is -1.58. The van der Waals surface area contributed by atoms with Gasteiger partial charge in [-0.1, -0.05) is 19.9 Å². The van der Waals surface area contributed by atoms with E-state index in [1.54, 1.807) is 13.8 Å². The average molecular weight is 525 g/mol. The van der Waals surface area contributed by atoms with Gasteiger partial charge in [0, 0.05) is 35.9 Å². The maximum absolute atomic E-state index is 17.3. The summed E-state index contributed by atoms with van der Waals surface area (Å²) in [5.41, 5.74) is -6.56. The molecule has 0 aromatic rings. The van der Waals surface area contributed by atoms with Crippen molar-refractivity contribution in [2.45, 2.75) is 76.4 Å². The molecule has 1 heterocycles. The maximum atomic E-state index is 17.3. The number of ketones is 1. The number of hydrogen-bond donors (Lipinski definition) is 2. The van der Waals surface area contributed by atoms with Crippen LogP contribution in [0.3, 0.4) is 0 Å². The molecule has 3 saturated carbocycles. The van der Waals surface area contributed by atoms with Gasteiger partial charge in [0.15, 0.2) is 17.1 Å². The van der Waals surface area contributed by atoms with Crippen molar-refractivity contribution < 1.29 is 37.7 Å². The van der Waals surface area contributed by atoms with Gasteiger partial charge in [-0.15, -0.1) is 12.6 Å². The SMILES string of the molecule is CC1C[C@H]2[C@@H]3CC(F)C4=CC(=O)C=C[C@]4(C)C3(F)C(O)C[C@]2(C)C1(OC(=O)C1CCOCC1)C(=O)S. The minimum atomic E-state index is -2.26. The van der Waals surface area contributed by atoms with Crippen molar-refractivity contribution in [1.29, 1.82) is 0 Å². The van der Waals surface area contributed by atoms with Crippen LogP contribution in [-0.2, 0) is 23.9 Å². The Morgan fingerprint density at radius 2 is 1.86 bits per heavy atom. The smallest absolute Gasteiger partial charge is 0.310 e. The number of aliphatic hydroxyl groups excluding tert-OH is 1. The second-order valence-electron chi connectivity index (χ2n) is 11.8. The lowest BCUT2D eigenvalue weighted by atomic mass is 9.44. The molecule has 6 nitrogen and oxygen atoms in total.